The largest absolute Gasteiger partial charge is 0.497 e. The van der Waals surface area contributed by atoms with Crippen LogP contribution < -0.4 is 9.47 Å². The summed E-state index contributed by atoms with van der Waals surface area (Å²) >= 11 is 1.62. The van der Waals surface area contributed by atoms with Gasteiger partial charge < -0.3 is 9.47 Å². The molecule has 0 aromatic heterocycles. The van der Waals surface area contributed by atoms with E-state index >= 15 is 0 Å². The second kappa shape index (κ2) is 9.47. The van der Waals surface area contributed by atoms with E-state index in [-0.39, 0.29) is 11.0 Å². The van der Waals surface area contributed by atoms with E-state index in [0.717, 1.165) is 33.1 Å². The topological polar surface area (TPSA) is 35.5 Å². The molecule has 0 N–H and O–H groups in total. The minimum Gasteiger partial charge on any atom is -0.497 e. The molecule has 0 fully saturated rings. The summed E-state index contributed by atoms with van der Waals surface area (Å²) in [6.45, 7) is 2.02. The molecule has 0 aliphatic heterocycles. The molecule has 0 saturated heterocycles. The van der Waals surface area contributed by atoms with Crippen LogP contribution in [0.2, 0.25) is 0 Å². The number of benzene rings is 3. The summed E-state index contributed by atoms with van der Waals surface area (Å²) in [5.41, 5.74) is 2.99. The molecule has 0 radical (unpaired) electrons. The number of Topliss-reactive ketones (excluding diaryl/α,β-unsaturated/α-hetero) is 1. The summed E-state index contributed by atoms with van der Waals surface area (Å²) in [7, 11) is 3.30. The van der Waals surface area contributed by atoms with E-state index < -0.39 is 0 Å². The summed E-state index contributed by atoms with van der Waals surface area (Å²) in [5, 5.41) is -0.0315. The normalized spacial score (nSPS) is 11.7. The maximum Gasteiger partial charge on any atom is 0.164 e. The van der Waals surface area contributed by atoms with E-state index in [0.29, 0.717) is 6.42 Å². The van der Waals surface area contributed by atoms with Gasteiger partial charge in [-0.05, 0) is 30.7 Å². The molecule has 3 aromatic rings. The number of rotatable bonds is 8. The zero-order chi connectivity index (χ0) is 19.9. The first-order chi connectivity index (χ1) is 13.6. The van der Waals surface area contributed by atoms with E-state index in [4.69, 9.17) is 9.47 Å². The number of carbonyl (C=O) groups excluding carboxylic acids is 1. The number of thioether (sulfide) groups is 1. The second-order valence-corrected chi connectivity index (χ2v) is 7.77. The first-order valence-corrected chi connectivity index (χ1v) is 10.0. The Morgan fingerprint density at radius 3 is 2.29 bits per heavy atom. The van der Waals surface area contributed by atoms with Crippen LogP contribution in [0.15, 0.2) is 77.7 Å². The van der Waals surface area contributed by atoms with Gasteiger partial charge >= 0.3 is 0 Å². The molecule has 0 spiro atoms. The highest BCUT2D eigenvalue weighted by Gasteiger charge is 2.20. The van der Waals surface area contributed by atoms with E-state index in [1.54, 1.807) is 26.0 Å². The molecule has 0 aliphatic carbocycles. The first kappa shape index (κ1) is 20.0. The molecular weight excluding hydrogens is 368 g/mol. The molecule has 1 atom stereocenters. The Bertz CT molecular complexity index is 920. The molecule has 0 bridgehead atoms. The van der Waals surface area contributed by atoms with Crippen molar-refractivity contribution in [2.45, 2.75) is 23.5 Å². The van der Waals surface area contributed by atoms with Crippen molar-refractivity contribution in [2.75, 3.05) is 14.2 Å². The van der Waals surface area contributed by atoms with Crippen LogP contribution >= 0.6 is 11.8 Å². The molecule has 0 saturated carbocycles. The number of carbonyl (C=O) groups is 1. The van der Waals surface area contributed by atoms with Crippen LogP contribution in [0.25, 0.3) is 0 Å². The molecule has 0 aliphatic rings. The summed E-state index contributed by atoms with van der Waals surface area (Å²) in [6, 6.07) is 23.6. The maximum absolute atomic E-state index is 12.9. The summed E-state index contributed by atoms with van der Waals surface area (Å²) in [6.07, 6.45) is 0.401. The van der Waals surface area contributed by atoms with Crippen LogP contribution in [0, 0.1) is 6.92 Å². The lowest BCUT2D eigenvalue weighted by molar-refractivity contribution is 0.0982. The van der Waals surface area contributed by atoms with Crippen molar-refractivity contribution in [1.29, 1.82) is 0 Å². The average molecular weight is 393 g/mol. The van der Waals surface area contributed by atoms with Gasteiger partial charge in [-0.25, -0.2) is 0 Å². The van der Waals surface area contributed by atoms with Gasteiger partial charge in [0.15, 0.2) is 5.78 Å². The first-order valence-electron chi connectivity index (χ1n) is 9.14. The van der Waals surface area contributed by atoms with Crippen LogP contribution in [0.3, 0.4) is 0 Å². The number of methoxy groups -OCH3 is 2. The van der Waals surface area contributed by atoms with Gasteiger partial charge in [0.25, 0.3) is 0 Å². The predicted octanol–water partition coefficient (Wildman–Crippen LogP) is 6.12. The molecule has 0 amide bonds. The molecule has 0 heterocycles. The Hall–Kier alpha value is -2.72. The fourth-order valence-corrected chi connectivity index (χ4v) is 4.24. The van der Waals surface area contributed by atoms with Crippen molar-refractivity contribution in [3.8, 4) is 11.5 Å². The maximum atomic E-state index is 12.9. The zero-order valence-electron chi connectivity index (χ0n) is 16.3. The fraction of sp³-hybridized carbons (Fsp3) is 0.208. The van der Waals surface area contributed by atoms with Gasteiger partial charge in [0.2, 0.25) is 0 Å². The Kier molecular flexibility index (Phi) is 6.77. The predicted molar refractivity (Wildman–Crippen MR) is 115 cm³/mol. The van der Waals surface area contributed by atoms with E-state index in [2.05, 4.69) is 12.1 Å². The lowest BCUT2D eigenvalue weighted by atomic mass is 10.0. The molecular formula is C24H24O3S. The van der Waals surface area contributed by atoms with Crippen molar-refractivity contribution in [3.05, 3.63) is 89.5 Å². The third kappa shape index (κ3) is 4.96. The standard InChI is InChI=1S/C24H24O3S/c1-17-9-11-18(12-10-17)21(25)16-23(19-7-5-4-6-8-19)28-24-15-20(26-2)13-14-22(24)27-3/h4-15,23H,16H2,1-3H3. The molecule has 144 valence electrons. The van der Waals surface area contributed by atoms with Crippen molar-refractivity contribution in [2.24, 2.45) is 0 Å². The molecule has 4 heteroatoms. The second-order valence-electron chi connectivity index (χ2n) is 6.53. The molecule has 28 heavy (non-hydrogen) atoms. The van der Waals surface area contributed by atoms with Gasteiger partial charge in [0.05, 0.1) is 19.1 Å². The molecule has 3 aromatic carbocycles. The van der Waals surface area contributed by atoms with Gasteiger partial charge in [-0.1, -0.05) is 60.2 Å². The fourth-order valence-electron chi connectivity index (χ4n) is 2.95. The number of hydrogen-bond donors (Lipinski definition) is 0. The van der Waals surface area contributed by atoms with E-state index in [1.165, 1.54) is 0 Å². The number of hydrogen-bond acceptors (Lipinski definition) is 4. The molecule has 3 rings (SSSR count). The number of aryl methyl sites for hydroxylation is 1. The minimum atomic E-state index is -0.0315. The highest BCUT2D eigenvalue weighted by Crippen LogP contribution is 2.43. The van der Waals surface area contributed by atoms with E-state index in [9.17, 15) is 4.79 Å². The quantitative estimate of drug-likeness (QED) is 0.342. The van der Waals surface area contributed by atoms with Gasteiger partial charge in [-0.15, -0.1) is 11.8 Å². The SMILES string of the molecule is COc1ccc(OC)c(SC(CC(=O)c2ccc(C)cc2)c2ccccc2)c1. The van der Waals surface area contributed by atoms with Crippen molar-refractivity contribution < 1.29 is 14.3 Å². The van der Waals surface area contributed by atoms with Crippen LogP contribution in [-0.4, -0.2) is 20.0 Å². The highest BCUT2D eigenvalue weighted by molar-refractivity contribution is 7.99. The number of ketones is 1. The van der Waals surface area contributed by atoms with Gasteiger partial charge in [-0.2, -0.15) is 0 Å². The van der Waals surface area contributed by atoms with Crippen LogP contribution in [0.1, 0.15) is 33.2 Å². The Balaban J connectivity index is 1.90. The monoisotopic (exact) mass is 392 g/mol. The third-order valence-corrected chi connectivity index (χ3v) is 5.85. The Morgan fingerprint density at radius 2 is 1.64 bits per heavy atom. The van der Waals surface area contributed by atoms with Crippen LogP contribution in [-0.2, 0) is 0 Å². The molecule has 1 unspecified atom stereocenters. The highest BCUT2D eigenvalue weighted by atomic mass is 32.2. The minimum absolute atomic E-state index is 0.0315. The smallest absolute Gasteiger partial charge is 0.164 e. The van der Waals surface area contributed by atoms with Crippen LogP contribution in [0.4, 0.5) is 0 Å². The van der Waals surface area contributed by atoms with E-state index in [1.807, 2.05) is 67.6 Å². The van der Waals surface area contributed by atoms with Crippen LogP contribution in [0.5, 0.6) is 11.5 Å². The summed E-state index contributed by atoms with van der Waals surface area (Å²) in [4.78, 5) is 13.9. The van der Waals surface area contributed by atoms with Gasteiger partial charge in [0, 0.05) is 17.2 Å². The third-order valence-electron chi connectivity index (χ3n) is 4.56. The summed E-state index contributed by atoms with van der Waals surface area (Å²) < 4.78 is 10.9. The van der Waals surface area contributed by atoms with Gasteiger partial charge in [-0.3, -0.25) is 4.79 Å². The summed E-state index contributed by atoms with van der Waals surface area (Å²) in [5.74, 6) is 1.66. The Morgan fingerprint density at radius 1 is 0.929 bits per heavy atom. The van der Waals surface area contributed by atoms with Crippen molar-refractivity contribution in [1.82, 2.24) is 0 Å². The molecule has 3 nitrogen and oxygen atoms in total. The van der Waals surface area contributed by atoms with Crippen molar-refractivity contribution >= 4 is 17.5 Å². The van der Waals surface area contributed by atoms with Crippen molar-refractivity contribution in [3.63, 3.8) is 0 Å². The Labute approximate surface area is 170 Å². The average Bonchev–Trinajstić information content (AvgIpc) is 2.74. The lowest BCUT2D eigenvalue weighted by Crippen LogP contribution is -2.06. The lowest BCUT2D eigenvalue weighted by Gasteiger charge is -2.19. The zero-order valence-corrected chi connectivity index (χ0v) is 17.2. The van der Waals surface area contributed by atoms with Gasteiger partial charge in [0.1, 0.15) is 11.5 Å². The number of ether oxygens (including phenoxy) is 2.